The molecular weight excluding hydrogens is 310 g/mol. The van der Waals surface area contributed by atoms with Crippen molar-refractivity contribution in [2.75, 3.05) is 0 Å². The molecular formula is C15H20F2N2O2S. The van der Waals surface area contributed by atoms with Gasteiger partial charge in [0.25, 0.3) is 0 Å². The molecule has 0 atom stereocenters. The van der Waals surface area contributed by atoms with Crippen LogP contribution in [0.4, 0.5) is 8.78 Å². The smallest absolute Gasteiger partial charge is 0.207 e. The fourth-order valence-corrected chi connectivity index (χ4v) is 3.38. The van der Waals surface area contributed by atoms with E-state index >= 15 is 0 Å². The summed E-state index contributed by atoms with van der Waals surface area (Å²) >= 11 is 0. The van der Waals surface area contributed by atoms with Gasteiger partial charge >= 0.3 is 0 Å². The van der Waals surface area contributed by atoms with Gasteiger partial charge in [0.1, 0.15) is 16.5 Å². The van der Waals surface area contributed by atoms with E-state index < -0.39 is 37.5 Å². The number of nitrogens with one attached hydrogen (secondary N) is 1. The van der Waals surface area contributed by atoms with Crippen LogP contribution in [0.15, 0.2) is 17.0 Å². The van der Waals surface area contributed by atoms with Gasteiger partial charge in [-0.05, 0) is 58.7 Å². The molecule has 1 aromatic carbocycles. The Balaban J connectivity index is 3.29. The minimum Gasteiger partial charge on any atom is -0.207 e. The molecule has 4 nitrogen and oxygen atoms in total. The van der Waals surface area contributed by atoms with Gasteiger partial charge in [0, 0.05) is 5.54 Å². The van der Waals surface area contributed by atoms with Crippen molar-refractivity contribution in [3.8, 4) is 6.07 Å². The molecule has 0 saturated heterocycles. The van der Waals surface area contributed by atoms with E-state index in [0.717, 1.165) is 6.07 Å². The van der Waals surface area contributed by atoms with Gasteiger partial charge in [-0.3, -0.25) is 0 Å². The van der Waals surface area contributed by atoms with Crippen LogP contribution in [0, 0.1) is 28.4 Å². The summed E-state index contributed by atoms with van der Waals surface area (Å²) < 4.78 is 54.7. The summed E-state index contributed by atoms with van der Waals surface area (Å²) in [4.78, 5) is -0.738. The summed E-state index contributed by atoms with van der Waals surface area (Å²) in [6, 6.07) is 3.49. The molecule has 7 heteroatoms. The molecule has 1 N–H and O–H groups in total. The summed E-state index contributed by atoms with van der Waals surface area (Å²) in [6.07, 6.45) is -0.0146. The third kappa shape index (κ3) is 4.75. The summed E-state index contributed by atoms with van der Waals surface area (Å²) in [6.45, 7) is 7.99. The maximum Gasteiger partial charge on any atom is 0.244 e. The standard InChI is InChI=1S/C15H20F2N2O2S/c1-14(2,3)19-22(20,21)13-7-11(16)10(6-12(13)17)8-15(4,5)9-18/h6-7,19H,8H2,1-5H3. The van der Waals surface area contributed by atoms with Crippen LogP contribution in [0.1, 0.15) is 40.2 Å². The number of rotatable bonds is 4. The van der Waals surface area contributed by atoms with Crippen molar-refractivity contribution in [1.82, 2.24) is 4.72 Å². The van der Waals surface area contributed by atoms with Crippen molar-refractivity contribution in [3.63, 3.8) is 0 Å². The third-order valence-electron chi connectivity index (χ3n) is 2.77. The molecule has 0 bridgehead atoms. The van der Waals surface area contributed by atoms with Crippen LogP contribution in [0.5, 0.6) is 0 Å². The molecule has 0 fully saturated rings. The van der Waals surface area contributed by atoms with Crippen molar-refractivity contribution in [3.05, 3.63) is 29.3 Å². The quantitative estimate of drug-likeness (QED) is 0.922. The van der Waals surface area contributed by atoms with Gasteiger partial charge in [-0.1, -0.05) is 0 Å². The number of halogens is 2. The lowest BCUT2D eigenvalue weighted by molar-refractivity contribution is 0.466. The molecule has 0 saturated carbocycles. The number of nitrogens with zero attached hydrogens (tertiary/aromatic N) is 1. The molecule has 1 aromatic rings. The second-order valence-electron chi connectivity index (χ2n) is 6.90. The minimum atomic E-state index is -4.17. The van der Waals surface area contributed by atoms with Gasteiger partial charge in [-0.2, -0.15) is 5.26 Å². The lowest BCUT2D eigenvalue weighted by atomic mass is 9.87. The largest absolute Gasteiger partial charge is 0.244 e. The topological polar surface area (TPSA) is 70.0 Å². The van der Waals surface area contributed by atoms with Crippen LogP contribution in [0.2, 0.25) is 0 Å². The van der Waals surface area contributed by atoms with Crippen molar-refractivity contribution >= 4 is 10.0 Å². The first-order valence-electron chi connectivity index (χ1n) is 6.70. The van der Waals surface area contributed by atoms with E-state index in [0.29, 0.717) is 6.07 Å². The molecule has 0 amide bonds. The Kier molecular flexibility index (Phi) is 5.00. The van der Waals surface area contributed by atoms with E-state index in [1.165, 1.54) is 0 Å². The van der Waals surface area contributed by atoms with Gasteiger partial charge < -0.3 is 0 Å². The molecule has 1 rings (SSSR count). The van der Waals surface area contributed by atoms with Crippen molar-refractivity contribution in [2.24, 2.45) is 5.41 Å². The first-order valence-corrected chi connectivity index (χ1v) is 8.19. The first-order chi connectivity index (χ1) is 9.77. The van der Waals surface area contributed by atoms with Gasteiger partial charge in [0.15, 0.2) is 0 Å². The van der Waals surface area contributed by atoms with Crippen LogP contribution in [-0.2, 0) is 16.4 Å². The van der Waals surface area contributed by atoms with E-state index in [-0.39, 0.29) is 12.0 Å². The SMILES string of the molecule is CC(C)(C#N)Cc1cc(F)c(S(=O)(=O)NC(C)(C)C)cc1F. The Hall–Kier alpha value is -1.52. The molecule has 0 aliphatic rings. The van der Waals surface area contributed by atoms with E-state index in [9.17, 15) is 17.2 Å². The van der Waals surface area contributed by atoms with Crippen molar-refractivity contribution in [1.29, 1.82) is 5.26 Å². The van der Waals surface area contributed by atoms with E-state index in [1.54, 1.807) is 34.6 Å². The Labute approximate surface area is 130 Å². The minimum absolute atomic E-state index is 0.0146. The fraction of sp³-hybridized carbons (Fsp3) is 0.533. The zero-order valence-corrected chi connectivity index (χ0v) is 14.1. The maximum atomic E-state index is 14.1. The number of benzene rings is 1. The molecule has 0 unspecified atom stereocenters. The first kappa shape index (κ1) is 18.5. The molecule has 0 aliphatic carbocycles. The highest BCUT2D eigenvalue weighted by atomic mass is 32.2. The van der Waals surface area contributed by atoms with Crippen LogP contribution < -0.4 is 4.72 Å². The van der Waals surface area contributed by atoms with Gasteiger partial charge in [0.2, 0.25) is 10.0 Å². The molecule has 0 spiro atoms. The normalized spacial score (nSPS) is 13.0. The second kappa shape index (κ2) is 5.94. The zero-order chi connectivity index (χ0) is 17.3. The molecule has 0 aromatic heterocycles. The Morgan fingerprint density at radius 3 is 2.14 bits per heavy atom. The molecule has 0 radical (unpaired) electrons. The zero-order valence-electron chi connectivity index (χ0n) is 13.3. The summed E-state index contributed by atoms with van der Waals surface area (Å²) in [7, 11) is -4.17. The number of sulfonamides is 1. The molecule has 122 valence electrons. The lowest BCUT2D eigenvalue weighted by Gasteiger charge is -2.21. The van der Waals surface area contributed by atoms with E-state index in [2.05, 4.69) is 4.72 Å². The fourth-order valence-electron chi connectivity index (χ4n) is 1.88. The second-order valence-corrected chi connectivity index (χ2v) is 8.55. The number of hydrogen-bond acceptors (Lipinski definition) is 3. The van der Waals surface area contributed by atoms with Gasteiger partial charge in [0.05, 0.1) is 11.5 Å². The van der Waals surface area contributed by atoms with Gasteiger partial charge in [-0.25, -0.2) is 21.9 Å². The van der Waals surface area contributed by atoms with Crippen LogP contribution in [0.3, 0.4) is 0 Å². The third-order valence-corrected chi connectivity index (χ3v) is 4.54. The predicted octanol–water partition coefficient (Wildman–Crippen LogP) is 3.13. The summed E-state index contributed by atoms with van der Waals surface area (Å²) in [5.74, 6) is -1.89. The Morgan fingerprint density at radius 1 is 1.14 bits per heavy atom. The maximum absolute atomic E-state index is 14.1. The van der Waals surface area contributed by atoms with E-state index in [1.807, 2.05) is 6.07 Å². The predicted molar refractivity (Wildman–Crippen MR) is 79.5 cm³/mol. The summed E-state index contributed by atoms with van der Waals surface area (Å²) in [5.41, 5.74) is -1.72. The monoisotopic (exact) mass is 330 g/mol. The number of nitriles is 1. The van der Waals surface area contributed by atoms with Crippen molar-refractivity contribution < 1.29 is 17.2 Å². The van der Waals surface area contributed by atoms with Crippen LogP contribution in [0.25, 0.3) is 0 Å². The van der Waals surface area contributed by atoms with Crippen LogP contribution in [-0.4, -0.2) is 14.0 Å². The average Bonchev–Trinajstić information content (AvgIpc) is 2.30. The van der Waals surface area contributed by atoms with Gasteiger partial charge in [-0.15, -0.1) is 0 Å². The molecule has 22 heavy (non-hydrogen) atoms. The molecule has 0 aliphatic heterocycles. The summed E-state index contributed by atoms with van der Waals surface area (Å²) in [5, 5.41) is 8.95. The Morgan fingerprint density at radius 2 is 1.68 bits per heavy atom. The van der Waals surface area contributed by atoms with Crippen LogP contribution >= 0.6 is 0 Å². The average molecular weight is 330 g/mol. The highest BCUT2D eigenvalue weighted by Gasteiger charge is 2.28. The number of hydrogen-bond donors (Lipinski definition) is 1. The Bertz CT molecular complexity index is 714. The highest BCUT2D eigenvalue weighted by molar-refractivity contribution is 7.89. The van der Waals surface area contributed by atoms with Crippen molar-refractivity contribution in [2.45, 2.75) is 51.5 Å². The van der Waals surface area contributed by atoms with E-state index in [4.69, 9.17) is 5.26 Å². The molecule has 0 heterocycles. The highest BCUT2D eigenvalue weighted by Crippen LogP contribution is 2.26. The lowest BCUT2D eigenvalue weighted by Crippen LogP contribution is -2.40.